The number of pyridine rings is 1. The van der Waals surface area contributed by atoms with E-state index in [1.165, 1.54) is 6.20 Å². The number of primary amides is 1. The fraction of sp³-hybridized carbons (Fsp3) is 0.0435. The first-order valence-electron chi connectivity index (χ1n) is 10.2. The van der Waals surface area contributed by atoms with Gasteiger partial charge in [-0.3, -0.25) is 9.20 Å². The van der Waals surface area contributed by atoms with E-state index in [9.17, 15) is 14.8 Å². The molecule has 5 N–H and O–H groups in total. The maximum absolute atomic E-state index is 11.8. The minimum Gasteiger partial charge on any atom is -0.423 e. The molecule has 9 nitrogen and oxygen atoms in total. The van der Waals surface area contributed by atoms with Crippen molar-refractivity contribution in [3.8, 4) is 11.6 Å². The van der Waals surface area contributed by atoms with Gasteiger partial charge in [-0.1, -0.05) is 42.5 Å². The molecule has 0 aliphatic heterocycles. The fourth-order valence-electron chi connectivity index (χ4n) is 3.79. The first kappa shape index (κ1) is 20.6. The SMILES string of the molecule is NC(=O)c1cccn2c(-c3nc(NCc4ccccc4)c4cccc(B(O)O)c4n3)ncc12. The van der Waals surface area contributed by atoms with Crippen LogP contribution < -0.4 is 16.5 Å². The van der Waals surface area contributed by atoms with Crippen LogP contribution in [0.3, 0.4) is 0 Å². The normalized spacial score (nSPS) is 11.1. The number of para-hydroxylation sites is 1. The molecule has 2 aromatic carbocycles. The number of nitrogens with zero attached hydrogens (tertiary/aromatic N) is 4. The van der Waals surface area contributed by atoms with Crippen LogP contribution in [0.4, 0.5) is 5.82 Å². The number of rotatable bonds is 6. The lowest BCUT2D eigenvalue weighted by Gasteiger charge is -2.13. The second-order valence-electron chi connectivity index (χ2n) is 7.48. The molecule has 5 aromatic rings. The van der Waals surface area contributed by atoms with Crippen LogP contribution in [0.1, 0.15) is 15.9 Å². The number of amides is 1. The van der Waals surface area contributed by atoms with Crippen molar-refractivity contribution in [3.63, 3.8) is 0 Å². The third kappa shape index (κ3) is 3.77. The molecule has 10 heteroatoms. The predicted octanol–water partition coefficient (Wildman–Crippen LogP) is 1.34. The number of hydrogen-bond donors (Lipinski definition) is 4. The summed E-state index contributed by atoms with van der Waals surface area (Å²) in [5, 5.41) is 23.8. The summed E-state index contributed by atoms with van der Waals surface area (Å²) < 4.78 is 1.68. The number of fused-ring (bicyclic) bond motifs is 2. The summed E-state index contributed by atoms with van der Waals surface area (Å²) in [4.78, 5) is 25.5. The van der Waals surface area contributed by atoms with Gasteiger partial charge in [-0.15, -0.1) is 0 Å². The van der Waals surface area contributed by atoms with Crippen molar-refractivity contribution >= 4 is 40.7 Å². The zero-order valence-corrected chi connectivity index (χ0v) is 17.4. The van der Waals surface area contributed by atoms with E-state index in [0.29, 0.717) is 40.2 Å². The van der Waals surface area contributed by atoms with Gasteiger partial charge in [0.15, 0.2) is 11.6 Å². The Morgan fingerprint density at radius 2 is 1.85 bits per heavy atom. The number of hydrogen-bond acceptors (Lipinski definition) is 7. The molecule has 0 saturated carbocycles. The van der Waals surface area contributed by atoms with Crippen LogP contribution in [-0.4, -0.2) is 42.4 Å². The van der Waals surface area contributed by atoms with Gasteiger partial charge in [-0.2, -0.15) is 0 Å². The highest BCUT2D eigenvalue weighted by molar-refractivity contribution is 6.61. The highest BCUT2D eigenvalue weighted by atomic mass is 16.4. The second-order valence-corrected chi connectivity index (χ2v) is 7.48. The van der Waals surface area contributed by atoms with E-state index in [1.807, 2.05) is 36.4 Å². The molecule has 0 aliphatic carbocycles. The van der Waals surface area contributed by atoms with Gasteiger partial charge in [-0.25, -0.2) is 15.0 Å². The van der Waals surface area contributed by atoms with Crippen LogP contribution in [-0.2, 0) is 6.54 Å². The number of aromatic nitrogens is 4. The Morgan fingerprint density at radius 1 is 1.03 bits per heavy atom. The minimum absolute atomic E-state index is 0.248. The van der Waals surface area contributed by atoms with E-state index in [2.05, 4.69) is 15.3 Å². The smallest absolute Gasteiger partial charge is 0.423 e. The molecule has 3 aromatic heterocycles. The molecule has 3 heterocycles. The maximum atomic E-state index is 11.8. The third-order valence-corrected chi connectivity index (χ3v) is 5.37. The number of carbonyl (C=O) groups is 1. The molecule has 5 rings (SSSR count). The molecule has 0 atom stereocenters. The molecule has 0 saturated heterocycles. The standard InChI is InChI=1S/C23H19BN6O3/c25-20(31)15-9-5-11-30-18(15)13-27-23(30)22-28-19-16(8-4-10-17(19)24(32)33)21(29-22)26-12-14-6-2-1-3-7-14/h1-11,13,32-33H,12H2,(H2,25,31)(H,26,28,29). The monoisotopic (exact) mass is 438 g/mol. The topological polar surface area (TPSA) is 139 Å². The highest BCUT2D eigenvalue weighted by Gasteiger charge is 2.21. The summed E-state index contributed by atoms with van der Waals surface area (Å²) >= 11 is 0. The molecular weight excluding hydrogens is 419 g/mol. The Balaban J connectivity index is 1.70. The van der Waals surface area contributed by atoms with Crippen molar-refractivity contribution in [2.75, 3.05) is 5.32 Å². The summed E-state index contributed by atoms with van der Waals surface area (Å²) in [6, 6.07) is 18.3. The average molecular weight is 438 g/mol. The van der Waals surface area contributed by atoms with Gasteiger partial charge >= 0.3 is 7.12 Å². The number of anilines is 1. The van der Waals surface area contributed by atoms with E-state index >= 15 is 0 Å². The number of imidazole rings is 1. The maximum Gasteiger partial charge on any atom is 0.490 e. The molecule has 0 aliphatic rings. The number of benzene rings is 2. The van der Waals surface area contributed by atoms with Gasteiger partial charge in [0.05, 0.1) is 22.8 Å². The molecule has 0 radical (unpaired) electrons. The third-order valence-electron chi connectivity index (χ3n) is 5.37. The lowest BCUT2D eigenvalue weighted by atomic mass is 9.79. The Labute approximate surface area is 188 Å². The van der Waals surface area contributed by atoms with Crippen LogP contribution in [0.25, 0.3) is 28.1 Å². The first-order valence-corrected chi connectivity index (χ1v) is 10.2. The van der Waals surface area contributed by atoms with Gasteiger partial charge in [-0.05, 0) is 23.8 Å². The molecule has 162 valence electrons. The summed E-state index contributed by atoms with van der Waals surface area (Å²) in [5.74, 6) is 0.597. The molecule has 0 bridgehead atoms. The molecule has 0 fully saturated rings. The average Bonchev–Trinajstić information content (AvgIpc) is 3.26. The molecule has 1 amide bonds. The molecule has 0 spiro atoms. The number of nitrogens with one attached hydrogen (secondary N) is 1. The van der Waals surface area contributed by atoms with Crippen molar-refractivity contribution in [2.45, 2.75) is 6.54 Å². The lowest BCUT2D eigenvalue weighted by molar-refractivity contribution is 0.100. The molecular formula is C23H19BN6O3. The van der Waals surface area contributed by atoms with Gasteiger partial charge in [0.25, 0.3) is 5.91 Å². The van der Waals surface area contributed by atoms with Crippen molar-refractivity contribution in [2.24, 2.45) is 5.73 Å². The van der Waals surface area contributed by atoms with E-state index in [1.54, 1.807) is 34.9 Å². The lowest BCUT2D eigenvalue weighted by Crippen LogP contribution is -2.31. The van der Waals surface area contributed by atoms with Gasteiger partial charge in [0.2, 0.25) is 0 Å². The minimum atomic E-state index is -1.71. The van der Waals surface area contributed by atoms with Crippen molar-refractivity contribution in [1.29, 1.82) is 0 Å². The van der Waals surface area contributed by atoms with Gasteiger partial charge in [0.1, 0.15) is 5.82 Å². The van der Waals surface area contributed by atoms with E-state index in [0.717, 1.165) is 5.56 Å². The van der Waals surface area contributed by atoms with Gasteiger partial charge < -0.3 is 21.1 Å². The summed E-state index contributed by atoms with van der Waals surface area (Å²) in [6.07, 6.45) is 3.27. The zero-order chi connectivity index (χ0) is 22.9. The first-order chi connectivity index (χ1) is 16.0. The Bertz CT molecular complexity index is 1490. The molecule has 0 unspecified atom stereocenters. The Hall–Kier alpha value is -4.28. The summed E-state index contributed by atoms with van der Waals surface area (Å²) in [6.45, 7) is 0.506. The van der Waals surface area contributed by atoms with E-state index in [-0.39, 0.29) is 11.3 Å². The Kier molecular flexibility index (Phi) is 5.21. The van der Waals surface area contributed by atoms with E-state index < -0.39 is 13.0 Å². The largest absolute Gasteiger partial charge is 0.490 e. The predicted molar refractivity (Wildman–Crippen MR) is 126 cm³/mol. The Morgan fingerprint density at radius 3 is 2.61 bits per heavy atom. The van der Waals surface area contributed by atoms with Crippen molar-refractivity contribution in [3.05, 3.63) is 84.2 Å². The van der Waals surface area contributed by atoms with E-state index in [4.69, 9.17) is 10.7 Å². The van der Waals surface area contributed by atoms with Crippen LogP contribution in [0.5, 0.6) is 0 Å². The molecule has 33 heavy (non-hydrogen) atoms. The van der Waals surface area contributed by atoms with Crippen LogP contribution in [0.2, 0.25) is 0 Å². The van der Waals surface area contributed by atoms with Crippen molar-refractivity contribution < 1.29 is 14.8 Å². The number of nitrogens with two attached hydrogens (primary N) is 1. The summed E-state index contributed by atoms with van der Waals surface area (Å²) in [7, 11) is -1.71. The van der Waals surface area contributed by atoms with Crippen LogP contribution in [0, 0.1) is 0 Å². The highest BCUT2D eigenvalue weighted by Crippen LogP contribution is 2.25. The fourth-order valence-corrected chi connectivity index (χ4v) is 3.79. The van der Waals surface area contributed by atoms with Gasteiger partial charge in [0, 0.05) is 23.6 Å². The summed E-state index contributed by atoms with van der Waals surface area (Å²) in [5.41, 5.74) is 8.04. The second kappa shape index (κ2) is 8.34. The number of carbonyl (C=O) groups excluding carboxylic acids is 1. The zero-order valence-electron chi connectivity index (χ0n) is 17.4. The quantitative estimate of drug-likeness (QED) is 0.294. The van der Waals surface area contributed by atoms with Crippen LogP contribution in [0.15, 0.2) is 73.1 Å². The van der Waals surface area contributed by atoms with Crippen LogP contribution >= 0.6 is 0 Å². The van der Waals surface area contributed by atoms with Crippen molar-refractivity contribution in [1.82, 2.24) is 19.4 Å².